The van der Waals surface area contributed by atoms with Gasteiger partial charge in [0.05, 0.1) is 12.1 Å². The van der Waals surface area contributed by atoms with Gasteiger partial charge in [0, 0.05) is 24.4 Å². The van der Waals surface area contributed by atoms with Crippen LogP contribution in [0, 0.1) is 6.92 Å². The number of aryl methyl sites for hydroxylation is 2. The van der Waals surface area contributed by atoms with E-state index in [-0.39, 0.29) is 11.5 Å². The van der Waals surface area contributed by atoms with Crippen molar-refractivity contribution in [3.8, 4) is 11.3 Å². The number of aromatic nitrogens is 2. The molecule has 0 aliphatic carbocycles. The zero-order valence-electron chi connectivity index (χ0n) is 14.2. The van der Waals surface area contributed by atoms with Gasteiger partial charge in [0.2, 0.25) is 5.91 Å². The molecule has 1 aromatic heterocycles. The second-order valence-corrected chi connectivity index (χ2v) is 5.97. The standard InChI is InChI=1S/C20H19N3O2/c1-14-4-3-5-15(12-14)13-19(24)21-17-8-6-16(7-9-17)18-10-11-20(25)23(2)22-18/h3-12H,13H2,1-2H3,(H,21,24). The summed E-state index contributed by atoms with van der Waals surface area (Å²) in [5.74, 6) is -0.0569. The molecule has 0 radical (unpaired) electrons. The van der Waals surface area contributed by atoms with Crippen LogP contribution in [0.3, 0.4) is 0 Å². The summed E-state index contributed by atoms with van der Waals surface area (Å²) in [6, 6.07) is 18.5. The minimum absolute atomic E-state index is 0.0569. The Morgan fingerprint density at radius 3 is 2.52 bits per heavy atom. The minimum atomic E-state index is -0.149. The van der Waals surface area contributed by atoms with E-state index >= 15 is 0 Å². The molecule has 5 heteroatoms. The highest BCUT2D eigenvalue weighted by Crippen LogP contribution is 2.18. The topological polar surface area (TPSA) is 64.0 Å². The summed E-state index contributed by atoms with van der Waals surface area (Å²) < 4.78 is 1.30. The van der Waals surface area contributed by atoms with Crippen molar-refractivity contribution < 1.29 is 4.79 Å². The average molecular weight is 333 g/mol. The average Bonchev–Trinajstić information content (AvgIpc) is 2.58. The van der Waals surface area contributed by atoms with Gasteiger partial charge in [0.25, 0.3) is 5.56 Å². The predicted molar refractivity (Wildman–Crippen MR) is 98.4 cm³/mol. The fourth-order valence-electron chi connectivity index (χ4n) is 2.59. The number of rotatable bonds is 4. The van der Waals surface area contributed by atoms with Crippen LogP contribution >= 0.6 is 0 Å². The van der Waals surface area contributed by atoms with Crippen LogP contribution in [0.2, 0.25) is 0 Å². The zero-order chi connectivity index (χ0) is 17.8. The largest absolute Gasteiger partial charge is 0.326 e. The van der Waals surface area contributed by atoms with Gasteiger partial charge in [-0.2, -0.15) is 5.10 Å². The SMILES string of the molecule is Cc1cccc(CC(=O)Nc2ccc(-c3ccc(=O)n(C)n3)cc2)c1. The maximum atomic E-state index is 12.2. The number of carbonyl (C=O) groups is 1. The van der Waals surface area contributed by atoms with Crippen molar-refractivity contribution in [3.05, 3.63) is 82.1 Å². The van der Waals surface area contributed by atoms with Gasteiger partial charge in [-0.15, -0.1) is 0 Å². The monoisotopic (exact) mass is 333 g/mol. The van der Waals surface area contributed by atoms with Gasteiger partial charge in [-0.1, -0.05) is 42.0 Å². The number of anilines is 1. The summed E-state index contributed by atoms with van der Waals surface area (Å²) in [7, 11) is 1.62. The third-order valence-electron chi connectivity index (χ3n) is 3.87. The van der Waals surface area contributed by atoms with Crippen LogP contribution in [0.1, 0.15) is 11.1 Å². The first-order valence-corrected chi connectivity index (χ1v) is 8.01. The quantitative estimate of drug-likeness (QED) is 0.798. The molecule has 0 bridgehead atoms. The molecule has 1 heterocycles. The molecule has 0 aliphatic rings. The molecule has 1 amide bonds. The van der Waals surface area contributed by atoms with Gasteiger partial charge in [0.1, 0.15) is 0 Å². The third-order valence-corrected chi connectivity index (χ3v) is 3.87. The molecule has 126 valence electrons. The minimum Gasteiger partial charge on any atom is -0.326 e. The van der Waals surface area contributed by atoms with Crippen LogP contribution in [0.15, 0.2) is 65.5 Å². The number of nitrogens with zero attached hydrogens (tertiary/aromatic N) is 2. The highest BCUT2D eigenvalue weighted by molar-refractivity contribution is 5.92. The lowest BCUT2D eigenvalue weighted by atomic mass is 10.1. The molecule has 0 saturated carbocycles. The smallest absolute Gasteiger partial charge is 0.266 e. The van der Waals surface area contributed by atoms with E-state index in [0.717, 1.165) is 22.4 Å². The maximum Gasteiger partial charge on any atom is 0.266 e. The Morgan fingerprint density at radius 2 is 1.84 bits per heavy atom. The van der Waals surface area contributed by atoms with E-state index in [1.54, 1.807) is 13.1 Å². The van der Waals surface area contributed by atoms with Gasteiger partial charge in [-0.3, -0.25) is 9.59 Å². The van der Waals surface area contributed by atoms with Crippen molar-refractivity contribution >= 4 is 11.6 Å². The van der Waals surface area contributed by atoms with Gasteiger partial charge >= 0.3 is 0 Å². The lowest BCUT2D eigenvalue weighted by molar-refractivity contribution is -0.115. The van der Waals surface area contributed by atoms with E-state index in [9.17, 15) is 9.59 Å². The Balaban J connectivity index is 1.68. The van der Waals surface area contributed by atoms with E-state index in [2.05, 4.69) is 10.4 Å². The summed E-state index contributed by atoms with van der Waals surface area (Å²) >= 11 is 0. The lowest BCUT2D eigenvalue weighted by Gasteiger charge is -2.07. The molecule has 25 heavy (non-hydrogen) atoms. The van der Waals surface area contributed by atoms with Crippen LogP contribution in [0.25, 0.3) is 11.3 Å². The summed E-state index contributed by atoms with van der Waals surface area (Å²) in [5, 5.41) is 7.11. The van der Waals surface area contributed by atoms with E-state index in [4.69, 9.17) is 0 Å². The van der Waals surface area contributed by atoms with Gasteiger partial charge in [-0.05, 0) is 30.7 Å². The van der Waals surface area contributed by atoms with E-state index in [0.29, 0.717) is 12.1 Å². The molecule has 5 nitrogen and oxygen atoms in total. The first-order chi connectivity index (χ1) is 12.0. The Bertz CT molecular complexity index is 959. The third kappa shape index (κ3) is 4.20. The first kappa shape index (κ1) is 16.6. The second-order valence-electron chi connectivity index (χ2n) is 5.97. The van der Waals surface area contributed by atoms with Crippen molar-refractivity contribution in [1.29, 1.82) is 0 Å². The Hall–Kier alpha value is -3.21. The van der Waals surface area contributed by atoms with Crippen LogP contribution in [-0.2, 0) is 18.3 Å². The fraction of sp³-hybridized carbons (Fsp3) is 0.150. The van der Waals surface area contributed by atoms with Crippen LogP contribution in [-0.4, -0.2) is 15.7 Å². The molecule has 0 atom stereocenters. The lowest BCUT2D eigenvalue weighted by Crippen LogP contribution is -2.18. The van der Waals surface area contributed by atoms with Crippen LogP contribution in [0.5, 0.6) is 0 Å². The summed E-state index contributed by atoms with van der Waals surface area (Å²) in [5.41, 5.74) is 4.30. The summed E-state index contributed by atoms with van der Waals surface area (Å²) in [4.78, 5) is 23.6. The van der Waals surface area contributed by atoms with E-state index in [1.165, 1.54) is 10.7 Å². The van der Waals surface area contributed by atoms with Gasteiger partial charge in [-0.25, -0.2) is 4.68 Å². The van der Waals surface area contributed by atoms with E-state index < -0.39 is 0 Å². The number of amides is 1. The summed E-state index contributed by atoms with van der Waals surface area (Å²) in [6.45, 7) is 2.01. The molecule has 0 spiro atoms. The molecule has 2 aromatic carbocycles. The highest BCUT2D eigenvalue weighted by atomic mass is 16.1. The Labute approximate surface area is 145 Å². The van der Waals surface area contributed by atoms with Crippen molar-refractivity contribution in [2.75, 3.05) is 5.32 Å². The number of hydrogen-bond donors (Lipinski definition) is 1. The van der Waals surface area contributed by atoms with Crippen molar-refractivity contribution in [1.82, 2.24) is 9.78 Å². The normalized spacial score (nSPS) is 10.5. The second kappa shape index (κ2) is 7.13. The molecule has 3 rings (SSSR count). The van der Waals surface area contributed by atoms with Crippen molar-refractivity contribution in [2.45, 2.75) is 13.3 Å². The fourth-order valence-corrected chi connectivity index (χ4v) is 2.59. The number of hydrogen-bond acceptors (Lipinski definition) is 3. The molecule has 0 fully saturated rings. The molecular weight excluding hydrogens is 314 g/mol. The van der Waals surface area contributed by atoms with Gasteiger partial charge in [0.15, 0.2) is 0 Å². The van der Waals surface area contributed by atoms with Crippen molar-refractivity contribution in [3.63, 3.8) is 0 Å². The van der Waals surface area contributed by atoms with Crippen LogP contribution in [0.4, 0.5) is 5.69 Å². The maximum absolute atomic E-state index is 12.2. The Kier molecular flexibility index (Phi) is 4.75. The molecule has 1 N–H and O–H groups in total. The van der Waals surface area contributed by atoms with Gasteiger partial charge < -0.3 is 5.32 Å². The Morgan fingerprint density at radius 1 is 1.08 bits per heavy atom. The predicted octanol–water partition coefficient (Wildman–Crippen LogP) is 2.94. The highest BCUT2D eigenvalue weighted by Gasteiger charge is 2.06. The number of benzene rings is 2. The molecule has 0 aliphatic heterocycles. The number of nitrogens with one attached hydrogen (secondary N) is 1. The number of carbonyl (C=O) groups excluding carboxylic acids is 1. The molecule has 3 aromatic rings. The summed E-state index contributed by atoms with van der Waals surface area (Å²) in [6.07, 6.45) is 0.339. The zero-order valence-corrected chi connectivity index (χ0v) is 14.2. The first-order valence-electron chi connectivity index (χ1n) is 8.01. The molecular formula is C20H19N3O2. The van der Waals surface area contributed by atoms with Crippen molar-refractivity contribution in [2.24, 2.45) is 7.05 Å². The molecule has 0 saturated heterocycles. The van der Waals surface area contributed by atoms with Crippen LogP contribution < -0.4 is 10.9 Å². The molecule has 0 unspecified atom stereocenters. The van der Waals surface area contributed by atoms with E-state index in [1.807, 2.05) is 55.5 Å².